The summed E-state index contributed by atoms with van der Waals surface area (Å²) in [5, 5.41) is -1.08. The van der Waals surface area contributed by atoms with Crippen molar-refractivity contribution >= 4 is 31.5 Å². The largest absolute Gasteiger partial charge is 0.399 e. The van der Waals surface area contributed by atoms with Gasteiger partial charge in [-0.2, -0.15) is 4.31 Å². The summed E-state index contributed by atoms with van der Waals surface area (Å²) < 4.78 is 47.3. The van der Waals surface area contributed by atoms with Crippen LogP contribution in [0.25, 0.3) is 0 Å². The fourth-order valence-corrected chi connectivity index (χ4v) is 5.03. The monoisotopic (exact) mass is 335 g/mol. The number of carbonyl (C=O) groups is 1. The summed E-state index contributed by atoms with van der Waals surface area (Å²) in [6.07, 6.45) is 0.802. The molecule has 0 aliphatic carbocycles. The Morgan fingerprint density at radius 2 is 1.67 bits per heavy atom. The number of primary amides is 1. The van der Waals surface area contributed by atoms with Gasteiger partial charge < -0.3 is 11.5 Å². The van der Waals surface area contributed by atoms with Crippen LogP contribution in [0, 0.1) is 0 Å². The van der Waals surface area contributed by atoms with Crippen molar-refractivity contribution in [2.24, 2.45) is 5.73 Å². The normalized spacial score (nSPS) is 12.5. The first kappa shape index (κ1) is 17.4. The minimum atomic E-state index is -4.17. The zero-order valence-corrected chi connectivity index (χ0v) is 13.0. The van der Waals surface area contributed by atoms with Crippen molar-refractivity contribution in [3.05, 3.63) is 29.8 Å². The van der Waals surface area contributed by atoms with Crippen LogP contribution in [0.3, 0.4) is 0 Å². The van der Waals surface area contributed by atoms with E-state index in [-0.39, 0.29) is 6.54 Å². The lowest BCUT2D eigenvalue weighted by molar-refractivity contribution is -0.118. The highest BCUT2D eigenvalue weighted by molar-refractivity contribution is 8.06. The molecule has 1 amide bonds. The number of anilines is 1. The molecular formula is C11H17N3O5S2. The molecule has 0 saturated carbocycles. The van der Waals surface area contributed by atoms with Crippen LogP contribution in [0.15, 0.2) is 24.3 Å². The van der Waals surface area contributed by atoms with Gasteiger partial charge in [0.25, 0.3) is 0 Å². The predicted molar refractivity (Wildman–Crippen MR) is 79.1 cm³/mol. The fourth-order valence-electron chi connectivity index (χ4n) is 1.60. The summed E-state index contributed by atoms with van der Waals surface area (Å²) in [4.78, 5) is 11.0. The van der Waals surface area contributed by atoms with Crippen LogP contribution in [0.2, 0.25) is 0 Å². The van der Waals surface area contributed by atoms with Gasteiger partial charge in [-0.05, 0) is 17.7 Å². The van der Waals surface area contributed by atoms with Crippen LogP contribution < -0.4 is 11.5 Å². The van der Waals surface area contributed by atoms with Gasteiger partial charge >= 0.3 is 0 Å². The van der Waals surface area contributed by atoms with E-state index in [1.165, 1.54) is 0 Å². The molecule has 4 N–H and O–H groups in total. The van der Waals surface area contributed by atoms with Crippen molar-refractivity contribution in [3.8, 4) is 0 Å². The first-order valence-corrected chi connectivity index (χ1v) is 9.45. The number of amides is 1. The van der Waals surface area contributed by atoms with Crippen molar-refractivity contribution in [3.63, 3.8) is 0 Å². The number of nitrogens with zero attached hydrogens (tertiary/aromatic N) is 1. The van der Waals surface area contributed by atoms with Crippen molar-refractivity contribution in [1.82, 2.24) is 4.31 Å². The molecule has 0 atom stereocenters. The lowest BCUT2D eigenvalue weighted by Gasteiger charge is -2.20. The highest BCUT2D eigenvalue weighted by atomic mass is 32.3. The fraction of sp³-hybridized carbons (Fsp3) is 0.364. The first-order chi connectivity index (χ1) is 9.49. The number of carbonyl (C=O) groups excluding carboxylic acids is 1. The maximum absolute atomic E-state index is 12.1. The molecule has 118 valence electrons. The second-order valence-corrected chi connectivity index (χ2v) is 9.11. The lowest BCUT2D eigenvalue weighted by atomic mass is 10.2. The molecule has 0 aromatic heterocycles. The number of rotatable bonds is 7. The van der Waals surface area contributed by atoms with Gasteiger partial charge in [0.2, 0.25) is 15.9 Å². The van der Waals surface area contributed by atoms with Gasteiger partial charge in [0.05, 0.1) is 6.54 Å². The molecule has 1 aromatic carbocycles. The number of benzene rings is 1. The van der Waals surface area contributed by atoms with E-state index in [2.05, 4.69) is 0 Å². The maximum atomic E-state index is 12.1. The zero-order chi connectivity index (χ0) is 16.3. The Bertz CT molecular complexity index is 711. The molecular weight excluding hydrogens is 318 g/mol. The predicted octanol–water partition coefficient (Wildman–Crippen LogP) is -1.11. The summed E-state index contributed by atoms with van der Waals surface area (Å²) in [5.41, 5.74) is 11.6. The number of sulfonamides is 1. The second-order valence-electron chi connectivity index (χ2n) is 4.63. The Hall–Kier alpha value is -1.65. The van der Waals surface area contributed by atoms with Crippen LogP contribution in [-0.2, 0) is 31.2 Å². The molecule has 0 aliphatic rings. The average molecular weight is 335 g/mol. The molecule has 21 heavy (non-hydrogen) atoms. The smallest absolute Gasteiger partial charge is 0.232 e. The summed E-state index contributed by atoms with van der Waals surface area (Å²) >= 11 is 0. The van der Waals surface area contributed by atoms with Crippen LogP contribution in [0.5, 0.6) is 0 Å². The Morgan fingerprint density at radius 3 is 2.10 bits per heavy atom. The third-order valence-electron chi connectivity index (χ3n) is 2.43. The average Bonchev–Trinajstić information content (AvgIpc) is 2.27. The third kappa shape index (κ3) is 6.10. The van der Waals surface area contributed by atoms with E-state index in [1.54, 1.807) is 24.3 Å². The SMILES string of the molecule is CS(=O)(=O)CS(=O)(=O)N(CC(N)=O)Cc1ccc(N)cc1. The minimum Gasteiger partial charge on any atom is -0.399 e. The topological polar surface area (TPSA) is 141 Å². The first-order valence-electron chi connectivity index (χ1n) is 5.78. The number of sulfone groups is 1. The van der Waals surface area contributed by atoms with Gasteiger partial charge in [-0.3, -0.25) is 4.79 Å². The Kier molecular flexibility index (Phi) is 5.31. The molecule has 0 radical (unpaired) electrons. The molecule has 0 spiro atoms. The van der Waals surface area contributed by atoms with Crippen LogP contribution in [0.1, 0.15) is 5.56 Å². The lowest BCUT2D eigenvalue weighted by Crippen LogP contribution is -2.40. The van der Waals surface area contributed by atoms with E-state index in [4.69, 9.17) is 11.5 Å². The van der Waals surface area contributed by atoms with E-state index in [0.29, 0.717) is 11.3 Å². The van der Waals surface area contributed by atoms with Crippen LogP contribution >= 0.6 is 0 Å². The van der Waals surface area contributed by atoms with Crippen LogP contribution in [-0.4, -0.2) is 44.9 Å². The van der Waals surface area contributed by atoms with E-state index in [0.717, 1.165) is 10.6 Å². The van der Waals surface area contributed by atoms with Crippen molar-refractivity contribution in [2.75, 3.05) is 23.6 Å². The number of hydrogen-bond acceptors (Lipinski definition) is 6. The molecule has 0 unspecified atom stereocenters. The quantitative estimate of drug-likeness (QED) is 0.605. The van der Waals surface area contributed by atoms with Gasteiger partial charge in [-0.15, -0.1) is 0 Å². The van der Waals surface area contributed by atoms with Crippen molar-refractivity contribution in [2.45, 2.75) is 6.54 Å². The van der Waals surface area contributed by atoms with E-state index in [9.17, 15) is 21.6 Å². The number of hydrogen-bond donors (Lipinski definition) is 2. The molecule has 0 saturated heterocycles. The molecule has 1 rings (SSSR count). The zero-order valence-electron chi connectivity index (χ0n) is 11.4. The van der Waals surface area contributed by atoms with E-state index >= 15 is 0 Å². The molecule has 0 aliphatic heterocycles. The van der Waals surface area contributed by atoms with Gasteiger partial charge in [-0.1, -0.05) is 12.1 Å². The summed E-state index contributed by atoms with van der Waals surface area (Å²) in [5.74, 6) is -0.873. The van der Waals surface area contributed by atoms with E-state index in [1.807, 2.05) is 0 Å². The molecule has 8 nitrogen and oxygen atoms in total. The molecule has 0 fully saturated rings. The minimum absolute atomic E-state index is 0.166. The van der Waals surface area contributed by atoms with E-state index < -0.39 is 37.4 Å². The third-order valence-corrected chi connectivity index (χ3v) is 6.38. The highest BCUT2D eigenvalue weighted by Crippen LogP contribution is 2.13. The maximum Gasteiger partial charge on any atom is 0.232 e. The molecule has 0 heterocycles. The van der Waals surface area contributed by atoms with Gasteiger partial charge in [0.15, 0.2) is 14.9 Å². The summed E-state index contributed by atoms with van der Waals surface area (Å²) in [6, 6.07) is 6.31. The Morgan fingerprint density at radius 1 is 1.14 bits per heavy atom. The van der Waals surface area contributed by atoms with Crippen molar-refractivity contribution in [1.29, 1.82) is 0 Å². The van der Waals surface area contributed by atoms with Gasteiger partial charge in [0, 0.05) is 18.5 Å². The Balaban J connectivity index is 3.05. The highest BCUT2D eigenvalue weighted by Gasteiger charge is 2.28. The number of nitrogen functional groups attached to an aromatic ring is 1. The summed E-state index contributed by atoms with van der Waals surface area (Å²) in [7, 11) is -7.93. The van der Waals surface area contributed by atoms with Crippen LogP contribution in [0.4, 0.5) is 5.69 Å². The Labute approximate surface area is 123 Å². The van der Waals surface area contributed by atoms with Gasteiger partial charge in [-0.25, -0.2) is 16.8 Å². The second kappa shape index (κ2) is 6.41. The summed E-state index contributed by atoms with van der Waals surface area (Å²) in [6.45, 7) is -0.761. The molecule has 10 heteroatoms. The molecule has 1 aromatic rings. The van der Waals surface area contributed by atoms with Crippen molar-refractivity contribution < 1.29 is 21.6 Å². The molecule has 0 bridgehead atoms. The number of nitrogens with two attached hydrogens (primary N) is 2. The van der Waals surface area contributed by atoms with Gasteiger partial charge in [0.1, 0.15) is 0 Å². The standard InChI is InChI=1S/C11H17N3O5S2/c1-20(16,17)8-21(18,19)14(7-11(13)15)6-9-2-4-10(12)5-3-9/h2-5H,6-8,12H2,1H3,(H2,13,15).